The minimum Gasteiger partial charge on any atom is -0.335 e. The molecule has 1 aliphatic carbocycles. The molecule has 3 atom stereocenters. The molecule has 1 fully saturated rings. The highest BCUT2D eigenvalue weighted by Gasteiger charge is 2.25. The van der Waals surface area contributed by atoms with Crippen LogP contribution in [0.5, 0.6) is 0 Å². The Morgan fingerprint density at radius 1 is 1.40 bits per heavy atom. The Labute approximate surface area is 123 Å². The Hall–Kier alpha value is -0.780. The molecule has 5 nitrogen and oxygen atoms in total. The van der Waals surface area contributed by atoms with Crippen LogP contribution < -0.4 is 5.32 Å². The predicted molar refractivity (Wildman–Crippen MR) is 81.5 cm³/mol. The number of carbonyl (C=O) groups is 1. The number of amides is 2. The highest BCUT2D eigenvalue weighted by molar-refractivity contribution is 7.91. The third-order valence-corrected chi connectivity index (χ3v) is 6.05. The molecule has 0 aromatic rings. The van der Waals surface area contributed by atoms with Crippen molar-refractivity contribution in [2.45, 2.75) is 58.5 Å². The van der Waals surface area contributed by atoms with Gasteiger partial charge in [0.15, 0.2) is 9.84 Å². The molecule has 6 heteroatoms. The van der Waals surface area contributed by atoms with Crippen molar-refractivity contribution in [1.82, 2.24) is 10.2 Å². The topological polar surface area (TPSA) is 66.5 Å². The van der Waals surface area contributed by atoms with E-state index in [1.165, 1.54) is 11.3 Å². The standard InChI is InChI=1S/C14H28N2O3S/c1-5-20(18,19)10-12(3)16(4)14(17)15-13-8-6-7-11(2)9-13/h11-13H,5-10H2,1-4H3,(H,15,17)/t11-,12-,13-/m0/s1. The first-order chi connectivity index (χ1) is 9.25. The zero-order chi connectivity index (χ0) is 15.3. The summed E-state index contributed by atoms with van der Waals surface area (Å²) < 4.78 is 23.2. The van der Waals surface area contributed by atoms with Crippen LogP contribution in [0.3, 0.4) is 0 Å². The summed E-state index contributed by atoms with van der Waals surface area (Å²) in [6.45, 7) is 5.61. The maximum Gasteiger partial charge on any atom is 0.317 e. The van der Waals surface area contributed by atoms with E-state index in [-0.39, 0.29) is 29.6 Å². The number of nitrogens with zero attached hydrogens (tertiary/aromatic N) is 1. The van der Waals surface area contributed by atoms with E-state index in [0.717, 1.165) is 19.3 Å². The zero-order valence-electron chi connectivity index (χ0n) is 13.1. The van der Waals surface area contributed by atoms with Gasteiger partial charge in [-0.25, -0.2) is 13.2 Å². The van der Waals surface area contributed by atoms with E-state index in [9.17, 15) is 13.2 Å². The second-order valence-corrected chi connectivity index (χ2v) is 8.47. The molecule has 0 aromatic carbocycles. The molecule has 0 radical (unpaired) electrons. The third-order valence-electron chi connectivity index (χ3n) is 4.18. The number of carbonyl (C=O) groups excluding carboxylic acids is 1. The summed E-state index contributed by atoms with van der Waals surface area (Å²) in [6.07, 6.45) is 4.41. The van der Waals surface area contributed by atoms with Crippen molar-refractivity contribution in [3.05, 3.63) is 0 Å². The first kappa shape index (κ1) is 17.3. The number of sulfone groups is 1. The second-order valence-electron chi connectivity index (χ2n) is 6.08. The average Bonchev–Trinajstić information content (AvgIpc) is 2.37. The lowest BCUT2D eigenvalue weighted by Crippen LogP contribution is -2.49. The Bertz CT molecular complexity index is 422. The van der Waals surface area contributed by atoms with E-state index in [4.69, 9.17) is 0 Å². The number of hydrogen-bond donors (Lipinski definition) is 1. The highest BCUT2D eigenvalue weighted by atomic mass is 32.2. The van der Waals surface area contributed by atoms with E-state index in [1.54, 1.807) is 20.9 Å². The first-order valence-corrected chi connectivity index (χ1v) is 9.31. The Morgan fingerprint density at radius 3 is 2.60 bits per heavy atom. The lowest BCUT2D eigenvalue weighted by molar-refractivity contribution is 0.187. The molecule has 0 bridgehead atoms. The van der Waals surface area contributed by atoms with Gasteiger partial charge in [-0.15, -0.1) is 0 Å². The van der Waals surface area contributed by atoms with Gasteiger partial charge in [0.1, 0.15) is 0 Å². The molecule has 0 aliphatic heterocycles. The summed E-state index contributed by atoms with van der Waals surface area (Å²) in [5.41, 5.74) is 0. The van der Waals surface area contributed by atoms with Gasteiger partial charge in [0.2, 0.25) is 0 Å². The summed E-state index contributed by atoms with van der Waals surface area (Å²) in [4.78, 5) is 13.7. The molecule has 1 aliphatic rings. The quantitative estimate of drug-likeness (QED) is 0.845. The van der Waals surface area contributed by atoms with Crippen LogP contribution in [0.4, 0.5) is 4.79 Å². The molecule has 1 rings (SSSR count). The van der Waals surface area contributed by atoms with E-state index in [1.807, 2.05) is 0 Å². The van der Waals surface area contributed by atoms with Gasteiger partial charge >= 0.3 is 6.03 Å². The Morgan fingerprint density at radius 2 is 2.05 bits per heavy atom. The third kappa shape index (κ3) is 5.31. The minimum absolute atomic E-state index is 0.0223. The summed E-state index contributed by atoms with van der Waals surface area (Å²) in [5.74, 6) is 0.791. The molecule has 0 saturated heterocycles. The van der Waals surface area contributed by atoms with E-state index >= 15 is 0 Å². The number of nitrogens with one attached hydrogen (secondary N) is 1. The van der Waals surface area contributed by atoms with Gasteiger partial charge in [0, 0.05) is 24.9 Å². The van der Waals surface area contributed by atoms with Crippen LogP contribution >= 0.6 is 0 Å². The predicted octanol–water partition coefficient (Wildman–Crippen LogP) is 2.03. The van der Waals surface area contributed by atoms with Gasteiger partial charge < -0.3 is 10.2 Å². The molecule has 1 saturated carbocycles. The minimum atomic E-state index is -3.06. The lowest BCUT2D eigenvalue weighted by atomic mass is 9.87. The van der Waals surface area contributed by atoms with Crippen molar-refractivity contribution >= 4 is 15.9 Å². The fourth-order valence-corrected chi connectivity index (χ4v) is 3.83. The van der Waals surface area contributed by atoms with Crippen LogP contribution in [0, 0.1) is 5.92 Å². The maximum atomic E-state index is 12.2. The summed E-state index contributed by atoms with van der Waals surface area (Å²) >= 11 is 0. The molecule has 0 unspecified atom stereocenters. The monoisotopic (exact) mass is 304 g/mol. The molecule has 20 heavy (non-hydrogen) atoms. The largest absolute Gasteiger partial charge is 0.335 e. The highest BCUT2D eigenvalue weighted by Crippen LogP contribution is 2.23. The van der Waals surface area contributed by atoms with E-state index < -0.39 is 9.84 Å². The Kier molecular flexibility index (Phi) is 6.30. The molecule has 0 aromatic heterocycles. The van der Waals surface area contributed by atoms with Crippen molar-refractivity contribution < 1.29 is 13.2 Å². The fourth-order valence-electron chi connectivity index (χ4n) is 2.64. The molecular weight excluding hydrogens is 276 g/mol. The van der Waals surface area contributed by atoms with Crippen LogP contribution in [0.1, 0.15) is 46.5 Å². The summed E-state index contributed by atoms with van der Waals surface area (Å²) in [7, 11) is -1.40. The van der Waals surface area contributed by atoms with Crippen molar-refractivity contribution in [1.29, 1.82) is 0 Å². The van der Waals surface area contributed by atoms with Gasteiger partial charge in [-0.1, -0.05) is 26.7 Å². The molecule has 1 N–H and O–H groups in total. The van der Waals surface area contributed by atoms with Gasteiger partial charge in [-0.3, -0.25) is 0 Å². The second kappa shape index (κ2) is 7.29. The van der Waals surface area contributed by atoms with Gasteiger partial charge in [-0.05, 0) is 25.7 Å². The smallest absolute Gasteiger partial charge is 0.317 e. The molecular formula is C14H28N2O3S. The first-order valence-electron chi connectivity index (χ1n) is 7.49. The number of rotatable bonds is 5. The van der Waals surface area contributed by atoms with Crippen molar-refractivity contribution in [2.24, 2.45) is 5.92 Å². The molecule has 118 valence electrons. The van der Waals surface area contributed by atoms with Crippen LogP contribution in [-0.4, -0.2) is 50.0 Å². The normalized spacial score (nSPS) is 25.0. The zero-order valence-corrected chi connectivity index (χ0v) is 13.9. The summed E-state index contributed by atoms with van der Waals surface area (Å²) in [6, 6.07) is -0.243. The fraction of sp³-hybridized carbons (Fsp3) is 0.929. The van der Waals surface area contributed by atoms with Crippen LogP contribution in [0.25, 0.3) is 0 Å². The Balaban J connectivity index is 2.49. The number of urea groups is 1. The van der Waals surface area contributed by atoms with Crippen LogP contribution in [0.15, 0.2) is 0 Å². The van der Waals surface area contributed by atoms with Crippen LogP contribution in [0.2, 0.25) is 0 Å². The average molecular weight is 304 g/mol. The van der Waals surface area contributed by atoms with E-state index in [2.05, 4.69) is 12.2 Å². The molecule has 0 spiro atoms. The molecule has 0 heterocycles. The van der Waals surface area contributed by atoms with E-state index in [0.29, 0.717) is 5.92 Å². The van der Waals surface area contributed by atoms with Gasteiger partial charge in [0.25, 0.3) is 0 Å². The SMILES string of the molecule is CCS(=O)(=O)C[C@H](C)N(C)C(=O)N[C@H]1CCC[C@H](C)C1. The summed E-state index contributed by atoms with van der Waals surface area (Å²) in [5, 5.41) is 3.03. The van der Waals surface area contributed by atoms with Crippen molar-refractivity contribution in [3.63, 3.8) is 0 Å². The maximum absolute atomic E-state index is 12.2. The lowest BCUT2D eigenvalue weighted by Gasteiger charge is -2.31. The number of hydrogen-bond acceptors (Lipinski definition) is 3. The molecule has 2 amide bonds. The van der Waals surface area contributed by atoms with Gasteiger partial charge in [0.05, 0.1) is 5.75 Å². The van der Waals surface area contributed by atoms with Crippen LogP contribution in [-0.2, 0) is 9.84 Å². The van der Waals surface area contributed by atoms with Gasteiger partial charge in [-0.2, -0.15) is 0 Å². The van der Waals surface area contributed by atoms with Crippen molar-refractivity contribution in [2.75, 3.05) is 18.6 Å². The van der Waals surface area contributed by atoms with Crippen molar-refractivity contribution in [3.8, 4) is 0 Å².